The van der Waals surface area contributed by atoms with Crippen molar-refractivity contribution in [2.45, 2.75) is 19.3 Å². The molecule has 1 aliphatic carbocycles. The molecule has 0 atom stereocenters. The van der Waals surface area contributed by atoms with Gasteiger partial charge in [-0.15, -0.1) is 11.3 Å². The van der Waals surface area contributed by atoms with Crippen molar-refractivity contribution in [2.75, 3.05) is 0 Å². The zero-order chi connectivity index (χ0) is 37.1. The molecule has 1 heteroatoms. The Hall–Kier alpha value is -6.54. The highest BCUT2D eigenvalue weighted by molar-refractivity contribution is 7.25. The summed E-state index contributed by atoms with van der Waals surface area (Å²) >= 11 is 1.90. The molecule has 0 amide bonds. The molecule has 1 heterocycles. The van der Waals surface area contributed by atoms with Crippen LogP contribution >= 0.6 is 11.3 Å². The zero-order valence-corrected chi connectivity index (χ0v) is 32.0. The normalized spacial score (nSPS) is 13.3. The van der Waals surface area contributed by atoms with Gasteiger partial charge in [0.2, 0.25) is 0 Å². The molecule has 0 bridgehead atoms. The molecule has 1 aliphatic rings. The molecule has 1 aromatic heterocycles. The first kappa shape index (κ1) is 31.8. The van der Waals surface area contributed by atoms with Crippen LogP contribution in [0.25, 0.3) is 108 Å². The molecule has 12 rings (SSSR count). The van der Waals surface area contributed by atoms with E-state index in [0.717, 1.165) is 0 Å². The largest absolute Gasteiger partial charge is 0.135 e. The standard InChI is InChI=1S/C55H36S/c1-55(2)48-29-25-35-31-51-47(39-18-12-13-23-50(39)56-51)32-46(35)54(48)45-26-24-34(30-49(45)55)36-27-28-44(38-17-7-6-16-37(36)38)53-42-21-10-8-19-40(42)52(33-14-4-3-5-15-33)41-20-9-11-22-43(41)53/h3-32H,1-2H3. The van der Waals surface area contributed by atoms with Crippen LogP contribution in [0.2, 0.25) is 0 Å². The van der Waals surface area contributed by atoms with Crippen LogP contribution < -0.4 is 0 Å². The third-order valence-corrected chi connectivity index (χ3v) is 13.8. The van der Waals surface area contributed by atoms with E-state index >= 15 is 0 Å². The Bertz CT molecular complexity index is 3380. The predicted molar refractivity (Wildman–Crippen MR) is 243 cm³/mol. The summed E-state index contributed by atoms with van der Waals surface area (Å²) in [5, 5.41) is 13.0. The molecule has 0 fully saturated rings. The van der Waals surface area contributed by atoms with E-state index in [0.29, 0.717) is 0 Å². The number of benzene rings is 10. The van der Waals surface area contributed by atoms with E-state index in [1.165, 1.54) is 119 Å². The van der Waals surface area contributed by atoms with Crippen molar-refractivity contribution in [3.63, 3.8) is 0 Å². The van der Waals surface area contributed by atoms with E-state index in [4.69, 9.17) is 0 Å². The second kappa shape index (κ2) is 11.7. The van der Waals surface area contributed by atoms with Gasteiger partial charge in [-0.1, -0.05) is 172 Å². The lowest BCUT2D eigenvalue weighted by Crippen LogP contribution is -2.15. The van der Waals surface area contributed by atoms with Gasteiger partial charge in [-0.2, -0.15) is 0 Å². The van der Waals surface area contributed by atoms with Gasteiger partial charge >= 0.3 is 0 Å². The molecule has 0 saturated heterocycles. The van der Waals surface area contributed by atoms with Gasteiger partial charge in [0.1, 0.15) is 0 Å². The van der Waals surface area contributed by atoms with E-state index in [2.05, 4.69) is 196 Å². The van der Waals surface area contributed by atoms with E-state index in [9.17, 15) is 0 Å². The third-order valence-electron chi connectivity index (χ3n) is 12.7. The van der Waals surface area contributed by atoms with Crippen molar-refractivity contribution in [2.24, 2.45) is 0 Å². The van der Waals surface area contributed by atoms with Gasteiger partial charge in [0.15, 0.2) is 0 Å². The number of thiophene rings is 1. The van der Waals surface area contributed by atoms with Crippen LogP contribution in [0, 0.1) is 0 Å². The summed E-state index contributed by atoms with van der Waals surface area (Å²) in [5.41, 5.74) is 13.1. The van der Waals surface area contributed by atoms with Crippen LogP contribution in [0.4, 0.5) is 0 Å². The van der Waals surface area contributed by atoms with Crippen molar-refractivity contribution in [1.82, 2.24) is 0 Å². The summed E-state index contributed by atoms with van der Waals surface area (Å²) in [6, 6.07) is 68.2. The fourth-order valence-corrected chi connectivity index (χ4v) is 11.2. The van der Waals surface area contributed by atoms with Crippen molar-refractivity contribution in [3.05, 3.63) is 193 Å². The molecule has 10 aromatic carbocycles. The maximum absolute atomic E-state index is 2.49. The Balaban J connectivity index is 1.06. The summed E-state index contributed by atoms with van der Waals surface area (Å²) < 4.78 is 2.71. The molecule has 0 unspecified atom stereocenters. The van der Waals surface area contributed by atoms with Crippen LogP contribution in [-0.2, 0) is 5.41 Å². The molecule has 11 aromatic rings. The van der Waals surface area contributed by atoms with Crippen molar-refractivity contribution in [3.8, 4) is 44.5 Å². The summed E-state index contributed by atoms with van der Waals surface area (Å²) in [7, 11) is 0. The van der Waals surface area contributed by atoms with Gasteiger partial charge in [0.05, 0.1) is 0 Å². The molecule has 0 radical (unpaired) electrons. The molecular weight excluding hydrogens is 693 g/mol. The quantitative estimate of drug-likeness (QED) is 0.159. The Labute approximate surface area is 329 Å². The van der Waals surface area contributed by atoms with E-state index in [1.807, 2.05) is 11.3 Å². The molecular formula is C55H36S. The smallest absolute Gasteiger partial charge is 0.0361 e. The topological polar surface area (TPSA) is 0 Å². The van der Waals surface area contributed by atoms with Gasteiger partial charge in [-0.25, -0.2) is 0 Å². The Kier molecular flexibility index (Phi) is 6.66. The van der Waals surface area contributed by atoms with Gasteiger partial charge < -0.3 is 0 Å². The minimum Gasteiger partial charge on any atom is -0.135 e. The highest BCUT2D eigenvalue weighted by Gasteiger charge is 2.37. The van der Waals surface area contributed by atoms with Gasteiger partial charge in [-0.3, -0.25) is 0 Å². The average molecular weight is 729 g/mol. The number of hydrogen-bond acceptors (Lipinski definition) is 1. The van der Waals surface area contributed by atoms with E-state index in [-0.39, 0.29) is 5.41 Å². The van der Waals surface area contributed by atoms with Crippen LogP contribution in [0.15, 0.2) is 182 Å². The molecule has 0 aliphatic heterocycles. The molecule has 0 nitrogen and oxygen atoms in total. The summed E-state index contributed by atoms with van der Waals surface area (Å²) in [4.78, 5) is 0. The average Bonchev–Trinajstić information content (AvgIpc) is 3.72. The van der Waals surface area contributed by atoms with Crippen molar-refractivity contribution in [1.29, 1.82) is 0 Å². The van der Waals surface area contributed by atoms with Crippen molar-refractivity contribution >= 4 is 74.6 Å². The van der Waals surface area contributed by atoms with Gasteiger partial charge in [0, 0.05) is 25.6 Å². The van der Waals surface area contributed by atoms with Gasteiger partial charge in [-0.05, 0) is 123 Å². The first-order valence-electron chi connectivity index (χ1n) is 19.6. The molecule has 262 valence electrons. The minimum atomic E-state index is -0.130. The Morgan fingerprint density at radius 2 is 0.893 bits per heavy atom. The predicted octanol–water partition coefficient (Wildman–Crippen LogP) is 16.0. The summed E-state index contributed by atoms with van der Waals surface area (Å²) in [5.74, 6) is 0. The summed E-state index contributed by atoms with van der Waals surface area (Å²) in [6.45, 7) is 4.81. The lowest BCUT2D eigenvalue weighted by molar-refractivity contribution is 0.661. The number of rotatable bonds is 3. The molecule has 0 saturated carbocycles. The Morgan fingerprint density at radius 3 is 1.61 bits per heavy atom. The van der Waals surface area contributed by atoms with Crippen LogP contribution in [0.3, 0.4) is 0 Å². The fourth-order valence-electron chi connectivity index (χ4n) is 10.0. The van der Waals surface area contributed by atoms with Crippen LogP contribution in [-0.4, -0.2) is 0 Å². The van der Waals surface area contributed by atoms with Crippen molar-refractivity contribution < 1.29 is 0 Å². The lowest BCUT2D eigenvalue weighted by Gasteiger charge is -2.23. The highest BCUT2D eigenvalue weighted by Crippen LogP contribution is 2.54. The summed E-state index contributed by atoms with van der Waals surface area (Å²) in [6.07, 6.45) is 0. The molecule has 0 N–H and O–H groups in total. The second-order valence-corrected chi connectivity index (χ2v) is 17.0. The van der Waals surface area contributed by atoms with E-state index in [1.54, 1.807) is 0 Å². The SMILES string of the molecule is CC1(C)c2cc(-c3ccc(-c4c5ccccc5c(-c5ccccc5)c5ccccc45)c4ccccc34)ccc2-c2c1ccc1cc3sc4ccccc4c3cc21. The number of hydrogen-bond donors (Lipinski definition) is 0. The van der Waals surface area contributed by atoms with Crippen LogP contribution in [0.5, 0.6) is 0 Å². The number of fused-ring (bicyclic) bond motifs is 11. The maximum atomic E-state index is 2.49. The third kappa shape index (κ3) is 4.41. The monoisotopic (exact) mass is 728 g/mol. The van der Waals surface area contributed by atoms with E-state index < -0.39 is 0 Å². The lowest BCUT2D eigenvalue weighted by atomic mass is 9.80. The molecule has 0 spiro atoms. The highest BCUT2D eigenvalue weighted by atomic mass is 32.1. The Morgan fingerprint density at radius 1 is 0.321 bits per heavy atom. The first-order chi connectivity index (χ1) is 27.5. The second-order valence-electron chi connectivity index (χ2n) is 16.0. The maximum Gasteiger partial charge on any atom is 0.0361 e. The first-order valence-corrected chi connectivity index (χ1v) is 20.4. The van der Waals surface area contributed by atoms with Crippen LogP contribution in [0.1, 0.15) is 25.0 Å². The molecule has 56 heavy (non-hydrogen) atoms. The minimum absolute atomic E-state index is 0.130. The fraction of sp³-hybridized carbons (Fsp3) is 0.0545. The zero-order valence-electron chi connectivity index (χ0n) is 31.2. The van der Waals surface area contributed by atoms with Gasteiger partial charge in [0.25, 0.3) is 0 Å².